The highest BCUT2D eigenvalue weighted by molar-refractivity contribution is 6.31. The number of oxazole rings is 1. The zero-order valence-corrected chi connectivity index (χ0v) is 17.5. The lowest BCUT2D eigenvalue weighted by atomic mass is 10.1. The highest BCUT2D eigenvalue weighted by Gasteiger charge is 2.17. The zero-order chi connectivity index (χ0) is 21.1. The third kappa shape index (κ3) is 5.14. The molecule has 8 nitrogen and oxygen atoms in total. The quantitative estimate of drug-likeness (QED) is 0.625. The van der Waals surface area contributed by atoms with Crippen molar-refractivity contribution >= 4 is 34.6 Å². The van der Waals surface area contributed by atoms with Gasteiger partial charge in [-0.2, -0.15) is 10.1 Å². The van der Waals surface area contributed by atoms with Crippen molar-refractivity contribution in [2.24, 2.45) is 5.92 Å². The van der Waals surface area contributed by atoms with Gasteiger partial charge in [-0.05, 0) is 24.1 Å². The fourth-order valence-corrected chi connectivity index (χ4v) is 2.79. The summed E-state index contributed by atoms with van der Waals surface area (Å²) >= 11 is 5.93. The Bertz CT molecular complexity index is 1090. The second-order valence-electron chi connectivity index (χ2n) is 7.43. The minimum Gasteiger partial charge on any atom is -0.491 e. The van der Waals surface area contributed by atoms with Crippen LogP contribution in [0.3, 0.4) is 0 Å². The summed E-state index contributed by atoms with van der Waals surface area (Å²) in [5, 5.41) is 7.39. The highest BCUT2D eigenvalue weighted by Crippen LogP contribution is 2.23. The summed E-state index contributed by atoms with van der Waals surface area (Å²) in [5.41, 5.74) is 1.22. The monoisotopic (exact) mass is 418 g/mol. The molecule has 0 saturated heterocycles. The molecule has 1 amide bonds. The summed E-state index contributed by atoms with van der Waals surface area (Å²) in [6, 6.07) is 6.37. The van der Waals surface area contributed by atoms with E-state index in [1.54, 1.807) is 18.2 Å². The standard InChI is InChI=1S/C20H23ClN4O4/c1-11(2)10-28-16-8-18(27)25(24-19(16)12(3)4)9-17(26)23-20-22-14-7-13(21)5-6-15(14)29-20/h5-8,11-12H,9-10H2,1-4H3,(H,22,23,26). The minimum absolute atomic E-state index is 0.0221. The van der Waals surface area contributed by atoms with Crippen LogP contribution in [0.4, 0.5) is 6.01 Å². The van der Waals surface area contributed by atoms with E-state index in [0.29, 0.717) is 40.1 Å². The maximum absolute atomic E-state index is 12.4. The fourth-order valence-electron chi connectivity index (χ4n) is 2.62. The maximum atomic E-state index is 12.4. The number of rotatable bonds is 7. The maximum Gasteiger partial charge on any atom is 0.302 e. The Kier molecular flexibility index (Phi) is 6.22. The predicted molar refractivity (Wildman–Crippen MR) is 111 cm³/mol. The molecule has 3 aromatic rings. The van der Waals surface area contributed by atoms with Gasteiger partial charge in [0.25, 0.3) is 5.56 Å². The van der Waals surface area contributed by atoms with Crippen LogP contribution in [0.5, 0.6) is 5.75 Å². The molecule has 0 spiro atoms. The minimum atomic E-state index is -0.484. The molecule has 0 aliphatic heterocycles. The Hall–Kier alpha value is -2.87. The van der Waals surface area contributed by atoms with E-state index in [0.717, 1.165) is 4.68 Å². The Labute approximate surface area is 172 Å². The molecule has 0 aliphatic rings. The van der Waals surface area contributed by atoms with Crippen LogP contribution in [0.15, 0.2) is 33.5 Å². The molecule has 3 rings (SSSR count). The number of ether oxygens (including phenoxy) is 1. The molecular weight excluding hydrogens is 396 g/mol. The van der Waals surface area contributed by atoms with Gasteiger partial charge < -0.3 is 9.15 Å². The number of nitrogens with zero attached hydrogens (tertiary/aromatic N) is 3. The Morgan fingerprint density at radius 3 is 2.72 bits per heavy atom. The largest absolute Gasteiger partial charge is 0.491 e. The molecule has 1 aromatic carbocycles. The van der Waals surface area contributed by atoms with Gasteiger partial charge in [0.2, 0.25) is 5.91 Å². The number of carbonyl (C=O) groups excluding carboxylic acids is 1. The van der Waals surface area contributed by atoms with Gasteiger partial charge in [0.1, 0.15) is 23.5 Å². The summed E-state index contributed by atoms with van der Waals surface area (Å²) in [5.74, 6) is 0.303. The van der Waals surface area contributed by atoms with E-state index >= 15 is 0 Å². The van der Waals surface area contributed by atoms with Gasteiger partial charge in [-0.1, -0.05) is 39.3 Å². The topological polar surface area (TPSA) is 99.2 Å². The normalized spacial score (nSPS) is 11.4. The number of fused-ring (bicyclic) bond motifs is 1. The molecule has 0 radical (unpaired) electrons. The molecule has 1 N–H and O–H groups in total. The first kappa shape index (κ1) is 20.9. The van der Waals surface area contributed by atoms with Gasteiger partial charge >= 0.3 is 6.01 Å². The van der Waals surface area contributed by atoms with Crippen LogP contribution in [-0.2, 0) is 11.3 Å². The van der Waals surface area contributed by atoms with Crippen LogP contribution in [0.25, 0.3) is 11.1 Å². The lowest BCUT2D eigenvalue weighted by Gasteiger charge is -2.16. The Morgan fingerprint density at radius 1 is 1.28 bits per heavy atom. The molecule has 0 aliphatic carbocycles. The van der Waals surface area contributed by atoms with E-state index in [9.17, 15) is 9.59 Å². The molecule has 2 heterocycles. The molecule has 9 heteroatoms. The Morgan fingerprint density at radius 2 is 2.03 bits per heavy atom. The van der Waals surface area contributed by atoms with E-state index in [4.69, 9.17) is 20.8 Å². The molecule has 0 unspecified atom stereocenters. The second-order valence-corrected chi connectivity index (χ2v) is 7.86. The number of amides is 1. The van der Waals surface area contributed by atoms with Gasteiger partial charge in [0.15, 0.2) is 5.58 Å². The van der Waals surface area contributed by atoms with Crippen LogP contribution in [0.1, 0.15) is 39.3 Å². The first-order valence-corrected chi connectivity index (χ1v) is 9.71. The molecular formula is C20H23ClN4O4. The Balaban J connectivity index is 1.78. The lowest BCUT2D eigenvalue weighted by molar-refractivity contribution is -0.117. The van der Waals surface area contributed by atoms with E-state index < -0.39 is 11.5 Å². The van der Waals surface area contributed by atoms with Gasteiger partial charge in [-0.25, -0.2) is 4.68 Å². The summed E-state index contributed by atoms with van der Waals surface area (Å²) in [4.78, 5) is 29.0. The van der Waals surface area contributed by atoms with Crippen molar-refractivity contribution in [1.29, 1.82) is 0 Å². The first-order chi connectivity index (χ1) is 13.7. The van der Waals surface area contributed by atoms with Crippen LogP contribution in [0.2, 0.25) is 5.02 Å². The SMILES string of the molecule is CC(C)COc1cc(=O)n(CC(=O)Nc2nc3cc(Cl)ccc3o2)nc1C(C)C. The van der Waals surface area contributed by atoms with Crippen molar-refractivity contribution < 1.29 is 13.9 Å². The van der Waals surface area contributed by atoms with Crippen LogP contribution >= 0.6 is 11.6 Å². The van der Waals surface area contributed by atoms with Crippen molar-refractivity contribution in [3.63, 3.8) is 0 Å². The molecule has 29 heavy (non-hydrogen) atoms. The molecule has 0 fully saturated rings. The van der Waals surface area contributed by atoms with Crippen molar-refractivity contribution in [3.8, 4) is 5.75 Å². The van der Waals surface area contributed by atoms with E-state index in [-0.39, 0.29) is 18.5 Å². The lowest BCUT2D eigenvalue weighted by Crippen LogP contribution is -2.30. The average Bonchev–Trinajstić information content (AvgIpc) is 3.02. The fraction of sp³-hybridized carbons (Fsp3) is 0.400. The number of aromatic nitrogens is 3. The smallest absolute Gasteiger partial charge is 0.302 e. The summed E-state index contributed by atoms with van der Waals surface area (Å²) in [7, 11) is 0. The molecule has 0 saturated carbocycles. The van der Waals surface area contributed by atoms with Gasteiger partial charge in [0, 0.05) is 17.0 Å². The molecule has 0 bridgehead atoms. The molecule has 2 aromatic heterocycles. The van der Waals surface area contributed by atoms with Crippen molar-refractivity contribution in [2.45, 2.75) is 40.2 Å². The summed E-state index contributed by atoms with van der Waals surface area (Å²) < 4.78 is 12.3. The number of hydrogen-bond donors (Lipinski definition) is 1. The number of benzene rings is 1. The van der Waals surface area contributed by atoms with Crippen LogP contribution in [-0.4, -0.2) is 27.3 Å². The van der Waals surface area contributed by atoms with E-state index in [1.807, 2.05) is 27.7 Å². The van der Waals surface area contributed by atoms with Crippen LogP contribution < -0.4 is 15.6 Å². The zero-order valence-electron chi connectivity index (χ0n) is 16.7. The number of hydrogen-bond acceptors (Lipinski definition) is 6. The number of nitrogens with one attached hydrogen (secondary N) is 1. The number of halogens is 1. The molecule has 0 atom stereocenters. The van der Waals surface area contributed by atoms with Crippen LogP contribution in [0, 0.1) is 5.92 Å². The summed E-state index contributed by atoms with van der Waals surface area (Å²) in [6.07, 6.45) is 0. The first-order valence-electron chi connectivity index (χ1n) is 9.33. The van der Waals surface area contributed by atoms with E-state index in [1.165, 1.54) is 6.07 Å². The highest BCUT2D eigenvalue weighted by atomic mass is 35.5. The number of anilines is 1. The van der Waals surface area contributed by atoms with Crippen molar-refractivity contribution in [1.82, 2.24) is 14.8 Å². The summed E-state index contributed by atoms with van der Waals surface area (Å²) in [6.45, 7) is 8.14. The number of carbonyl (C=O) groups is 1. The third-order valence-corrected chi connectivity index (χ3v) is 4.23. The third-order valence-electron chi connectivity index (χ3n) is 4.00. The predicted octanol–water partition coefficient (Wildman–Crippen LogP) is 3.83. The average molecular weight is 419 g/mol. The van der Waals surface area contributed by atoms with Gasteiger partial charge in [0.05, 0.1) is 6.61 Å². The van der Waals surface area contributed by atoms with Crippen molar-refractivity contribution in [2.75, 3.05) is 11.9 Å². The van der Waals surface area contributed by atoms with Gasteiger partial charge in [-0.3, -0.25) is 14.9 Å². The molecule has 154 valence electrons. The second kappa shape index (κ2) is 8.65. The van der Waals surface area contributed by atoms with E-state index in [2.05, 4.69) is 15.4 Å². The van der Waals surface area contributed by atoms with Gasteiger partial charge in [-0.15, -0.1) is 0 Å². The van der Waals surface area contributed by atoms with Crippen molar-refractivity contribution in [3.05, 3.63) is 45.3 Å².